The zero-order chi connectivity index (χ0) is 19.4. The van der Waals surface area contributed by atoms with E-state index in [0.717, 1.165) is 12.0 Å². The molecular formula is C20H19ClN2O3S. The molecule has 0 radical (unpaired) electrons. The van der Waals surface area contributed by atoms with Crippen LogP contribution in [0.4, 0.5) is 11.4 Å². The Balaban J connectivity index is 1.61. The number of hydrogen-bond donors (Lipinski definition) is 1. The molecule has 3 rings (SSSR count). The molecule has 0 aromatic heterocycles. The van der Waals surface area contributed by atoms with Crippen molar-refractivity contribution < 1.29 is 14.4 Å². The third kappa shape index (κ3) is 4.51. The van der Waals surface area contributed by atoms with E-state index in [0.29, 0.717) is 16.4 Å². The molecule has 0 bridgehead atoms. The van der Waals surface area contributed by atoms with Gasteiger partial charge in [0, 0.05) is 17.1 Å². The molecule has 2 aromatic rings. The average molecular weight is 403 g/mol. The van der Waals surface area contributed by atoms with E-state index in [4.69, 9.17) is 11.6 Å². The molecule has 1 saturated heterocycles. The maximum absolute atomic E-state index is 12.7. The molecular weight excluding hydrogens is 384 g/mol. The number of imide groups is 1. The van der Waals surface area contributed by atoms with Gasteiger partial charge in [-0.2, -0.15) is 0 Å². The summed E-state index contributed by atoms with van der Waals surface area (Å²) in [6.07, 6.45) is 0.838. The second-order valence-electron chi connectivity index (χ2n) is 6.11. The summed E-state index contributed by atoms with van der Waals surface area (Å²) in [4.78, 5) is 38.5. The first kappa shape index (κ1) is 19.5. The first-order valence-corrected chi connectivity index (χ1v) is 10.0. The van der Waals surface area contributed by atoms with Gasteiger partial charge in [-0.25, -0.2) is 4.90 Å². The van der Waals surface area contributed by atoms with Crippen LogP contribution in [0.3, 0.4) is 0 Å². The lowest BCUT2D eigenvalue weighted by molar-refractivity contribution is -0.121. The highest BCUT2D eigenvalue weighted by Gasteiger charge is 2.40. The van der Waals surface area contributed by atoms with Crippen LogP contribution in [0.2, 0.25) is 5.02 Å². The van der Waals surface area contributed by atoms with Crippen molar-refractivity contribution in [3.63, 3.8) is 0 Å². The minimum atomic E-state index is -0.543. The van der Waals surface area contributed by atoms with Crippen molar-refractivity contribution in [2.75, 3.05) is 16.0 Å². The predicted molar refractivity (Wildman–Crippen MR) is 109 cm³/mol. The third-order valence-corrected chi connectivity index (χ3v) is 5.71. The Labute approximate surface area is 167 Å². The summed E-state index contributed by atoms with van der Waals surface area (Å²) in [5.74, 6) is -0.619. The lowest BCUT2D eigenvalue weighted by Crippen LogP contribution is -2.32. The maximum atomic E-state index is 12.7. The fraction of sp³-hybridized carbons (Fsp3) is 0.250. The van der Waals surface area contributed by atoms with E-state index < -0.39 is 5.25 Å². The standard InChI is InChI=1S/C20H19ClN2O3S/c1-2-13-5-3-4-6-16(13)23-19(25)11-17(20(23)26)27-12-18(24)22-15-9-7-14(21)8-10-15/h3-10,17H,2,11-12H2,1H3,(H,22,24)/t17-/m1/s1. The summed E-state index contributed by atoms with van der Waals surface area (Å²) in [6.45, 7) is 1.98. The molecule has 1 aliphatic heterocycles. The summed E-state index contributed by atoms with van der Waals surface area (Å²) in [5.41, 5.74) is 2.23. The van der Waals surface area contributed by atoms with Gasteiger partial charge in [-0.1, -0.05) is 36.7 Å². The Hall–Kier alpha value is -2.31. The van der Waals surface area contributed by atoms with Gasteiger partial charge in [-0.05, 0) is 42.3 Å². The lowest BCUT2D eigenvalue weighted by atomic mass is 10.1. The molecule has 2 aromatic carbocycles. The Morgan fingerprint density at radius 2 is 1.89 bits per heavy atom. The number of nitrogens with one attached hydrogen (secondary N) is 1. The molecule has 3 amide bonds. The first-order chi connectivity index (χ1) is 13.0. The van der Waals surface area contributed by atoms with E-state index >= 15 is 0 Å². The minimum Gasteiger partial charge on any atom is -0.325 e. The molecule has 1 heterocycles. The van der Waals surface area contributed by atoms with Gasteiger partial charge in [-0.3, -0.25) is 14.4 Å². The molecule has 1 atom stereocenters. The summed E-state index contributed by atoms with van der Waals surface area (Å²) in [7, 11) is 0. The van der Waals surface area contributed by atoms with Crippen LogP contribution in [0.5, 0.6) is 0 Å². The van der Waals surface area contributed by atoms with E-state index in [2.05, 4.69) is 5.32 Å². The lowest BCUT2D eigenvalue weighted by Gasteiger charge is -2.18. The van der Waals surface area contributed by atoms with Gasteiger partial charge in [0.1, 0.15) is 0 Å². The number of rotatable bonds is 6. The summed E-state index contributed by atoms with van der Waals surface area (Å²) >= 11 is 7.01. The smallest absolute Gasteiger partial charge is 0.247 e. The molecule has 0 unspecified atom stereocenters. The molecule has 0 saturated carbocycles. The van der Waals surface area contributed by atoms with E-state index in [1.807, 2.05) is 25.1 Å². The van der Waals surface area contributed by atoms with E-state index in [9.17, 15) is 14.4 Å². The van der Waals surface area contributed by atoms with Gasteiger partial charge in [-0.15, -0.1) is 11.8 Å². The third-order valence-electron chi connectivity index (χ3n) is 4.26. The van der Waals surface area contributed by atoms with Crippen LogP contribution < -0.4 is 10.2 Å². The van der Waals surface area contributed by atoms with Crippen LogP contribution in [-0.4, -0.2) is 28.7 Å². The van der Waals surface area contributed by atoms with Crippen molar-refractivity contribution in [3.8, 4) is 0 Å². The van der Waals surface area contributed by atoms with Crippen LogP contribution in [0, 0.1) is 0 Å². The number of benzene rings is 2. The maximum Gasteiger partial charge on any atom is 0.247 e. The predicted octanol–water partition coefficient (Wildman–Crippen LogP) is 3.91. The van der Waals surface area contributed by atoms with Crippen LogP contribution in [0.15, 0.2) is 48.5 Å². The highest BCUT2D eigenvalue weighted by molar-refractivity contribution is 8.01. The van der Waals surface area contributed by atoms with Crippen molar-refractivity contribution in [2.45, 2.75) is 25.0 Å². The Morgan fingerprint density at radius 3 is 2.59 bits per heavy atom. The molecule has 5 nitrogen and oxygen atoms in total. The van der Waals surface area contributed by atoms with Crippen molar-refractivity contribution >= 4 is 52.5 Å². The molecule has 0 spiro atoms. The Bertz CT molecular complexity index is 870. The number of aryl methyl sites for hydroxylation is 1. The number of carbonyl (C=O) groups is 3. The fourth-order valence-electron chi connectivity index (χ4n) is 2.92. The molecule has 27 heavy (non-hydrogen) atoms. The van der Waals surface area contributed by atoms with Crippen molar-refractivity contribution in [3.05, 3.63) is 59.1 Å². The number of hydrogen-bond acceptors (Lipinski definition) is 4. The zero-order valence-electron chi connectivity index (χ0n) is 14.8. The topological polar surface area (TPSA) is 66.5 Å². The highest BCUT2D eigenvalue weighted by Crippen LogP contribution is 2.32. The van der Waals surface area contributed by atoms with Crippen LogP contribution in [0.25, 0.3) is 0 Å². The fourth-order valence-corrected chi connectivity index (χ4v) is 3.98. The summed E-state index contributed by atoms with van der Waals surface area (Å²) in [6, 6.07) is 14.2. The normalized spacial score (nSPS) is 16.7. The van der Waals surface area contributed by atoms with Crippen LogP contribution in [0.1, 0.15) is 18.9 Å². The van der Waals surface area contributed by atoms with E-state index in [1.54, 1.807) is 30.3 Å². The molecule has 0 aliphatic carbocycles. The van der Waals surface area contributed by atoms with Gasteiger partial charge in [0.15, 0.2) is 0 Å². The minimum absolute atomic E-state index is 0.0928. The van der Waals surface area contributed by atoms with Gasteiger partial charge < -0.3 is 5.32 Å². The number of amides is 3. The number of para-hydroxylation sites is 1. The first-order valence-electron chi connectivity index (χ1n) is 8.61. The average Bonchev–Trinajstić information content (AvgIpc) is 2.95. The summed E-state index contributed by atoms with van der Waals surface area (Å²) < 4.78 is 0. The number of carbonyl (C=O) groups excluding carboxylic acids is 3. The van der Waals surface area contributed by atoms with Crippen molar-refractivity contribution in [2.24, 2.45) is 0 Å². The van der Waals surface area contributed by atoms with Gasteiger partial charge in [0.2, 0.25) is 17.7 Å². The van der Waals surface area contributed by atoms with Gasteiger partial charge in [0.25, 0.3) is 0 Å². The monoisotopic (exact) mass is 402 g/mol. The molecule has 7 heteroatoms. The number of thioether (sulfide) groups is 1. The highest BCUT2D eigenvalue weighted by atomic mass is 35.5. The quantitative estimate of drug-likeness (QED) is 0.744. The molecule has 1 aliphatic rings. The van der Waals surface area contributed by atoms with Crippen molar-refractivity contribution in [1.29, 1.82) is 0 Å². The van der Waals surface area contributed by atoms with Gasteiger partial charge in [0.05, 0.1) is 16.7 Å². The summed E-state index contributed by atoms with van der Waals surface area (Å²) in [5, 5.41) is 2.80. The molecule has 140 valence electrons. The number of nitrogens with zero attached hydrogens (tertiary/aromatic N) is 1. The molecule has 1 N–H and O–H groups in total. The Morgan fingerprint density at radius 1 is 1.19 bits per heavy atom. The van der Waals surface area contributed by atoms with E-state index in [-0.39, 0.29) is 29.9 Å². The second kappa shape index (κ2) is 8.59. The largest absolute Gasteiger partial charge is 0.325 e. The zero-order valence-corrected chi connectivity index (χ0v) is 16.3. The molecule has 1 fully saturated rings. The van der Waals surface area contributed by atoms with Gasteiger partial charge >= 0.3 is 0 Å². The number of halogens is 1. The number of anilines is 2. The second-order valence-corrected chi connectivity index (χ2v) is 7.74. The Kier molecular flexibility index (Phi) is 6.19. The van der Waals surface area contributed by atoms with Crippen LogP contribution in [-0.2, 0) is 20.8 Å². The van der Waals surface area contributed by atoms with Crippen molar-refractivity contribution in [1.82, 2.24) is 0 Å². The van der Waals surface area contributed by atoms with Crippen LogP contribution >= 0.6 is 23.4 Å². The SMILES string of the molecule is CCc1ccccc1N1C(=O)C[C@@H](SCC(=O)Nc2ccc(Cl)cc2)C1=O. The van der Waals surface area contributed by atoms with E-state index in [1.165, 1.54) is 16.7 Å².